The normalized spacial score (nSPS) is 22.0. The molecule has 2 heterocycles. The van der Waals surface area contributed by atoms with Crippen molar-refractivity contribution in [2.75, 3.05) is 13.1 Å². The second kappa shape index (κ2) is 10.5. The van der Waals surface area contributed by atoms with Crippen molar-refractivity contribution in [2.24, 2.45) is 0 Å². The van der Waals surface area contributed by atoms with Gasteiger partial charge in [0.15, 0.2) is 0 Å². The lowest BCUT2D eigenvalue weighted by molar-refractivity contribution is -0.139. The molecule has 2 aliphatic rings. The summed E-state index contributed by atoms with van der Waals surface area (Å²) in [5, 5.41) is 7.28. The van der Waals surface area contributed by atoms with Crippen molar-refractivity contribution in [2.45, 2.75) is 80.5 Å². The standard InChI is InChI=1S/C20H31N3O4S2/c24-19(20(25)22-16-8-3-1-2-4-9-16)21-13-12-17-10-5-6-14-23(17)29(26,27)18-11-7-15-28-18/h7,11,15-17H,1-6,8-10,12-14H2,(H,21,24)(H,22,25)/t17-/m0/s1. The summed E-state index contributed by atoms with van der Waals surface area (Å²) in [6.45, 7) is 0.791. The number of carbonyl (C=O) groups is 2. The molecule has 29 heavy (non-hydrogen) atoms. The van der Waals surface area contributed by atoms with E-state index < -0.39 is 21.8 Å². The van der Waals surface area contributed by atoms with E-state index in [-0.39, 0.29) is 18.6 Å². The number of hydrogen-bond donors (Lipinski definition) is 2. The Bertz CT molecular complexity index is 772. The van der Waals surface area contributed by atoms with E-state index in [1.165, 1.54) is 24.2 Å². The third-order valence-corrected chi connectivity index (χ3v) is 9.12. The predicted octanol–water partition coefficient (Wildman–Crippen LogP) is 2.64. The fraction of sp³-hybridized carbons (Fsp3) is 0.700. The molecule has 3 rings (SSSR count). The minimum Gasteiger partial charge on any atom is -0.348 e. The number of nitrogens with one attached hydrogen (secondary N) is 2. The topological polar surface area (TPSA) is 95.6 Å². The summed E-state index contributed by atoms with van der Waals surface area (Å²) in [7, 11) is -3.50. The third kappa shape index (κ3) is 6.02. The smallest absolute Gasteiger partial charge is 0.309 e. The van der Waals surface area contributed by atoms with Crippen LogP contribution in [0.2, 0.25) is 0 Å². The van der Waals surface area contributed by atoms with Crippen LogP contribution in [0.4, 0.5) is 0 Å². The largest absolute Gasteiger partial charge is 0.348 e. The molecular weight excluding hydrogens is 410 g/mol. The Morgan fingerprint density at radius 2 is 1.76 bits per heavy atom. The van der Waals surface area contributed by atoms with Crippen molar-refractivity contribution < 1.29 is 18.0 Å². The summed E-state index contributed by atoms with van der Waals surface area (Å²) in [6, 6.07) is 3.30. The molecular formula is C20H31N3O4S2. The summed E-state index contributed by atoms with van der Waals surface area (Å²) in [5.41, 5.74) is 0. The van der Waals surface area contributed by atoms with E-state index in [1.807, 2.05) is 0 Å². The van der Waals surface area contributed by atoms with E-state index in [0.29, 0.717) is 17.2 Å². The zero-order chi connectivity index (χ0) is 20.7. The highest BCUT2D eigenvalue weighted by Crippen LogP contribution is 2.29. The lowest BCUT2D eigenvalue weighted by Crippen LogP contribution is -2.47. The maximum absolute atomic E-state index is 12.9. The van der Waals surface area contributed by atoms with Gasteiger partial charge in [0.1, 0.15) is 4.21 Å². The van der Waals surface area contributed by atoms with Crippen LogP contribution in [0.25, 0.3) is 0 Å². The van der Waals surface area contributed by atoms with Gasteiger partial charge in [-0.3, -0.25) is 9.59 Å². The van der Waals surface area contributed by atoms with Crippen molar-refractivity contribution in [1.82, 2.24) is 14.9 Å². The van der Waals surface area contributed by atoms with Gasteiger partial charge >= 0.3 is 11.8 Å². The van der Waals surface area contributed by atoms with E-state index in [4.69, 9.17) is 0 Å². The molecule has 0 unspecified atom stereocenters. The lowest BCUT2D eigenvalue weighted by Gasteiger charge is -2.34. The first-order valence-corrected chi connectivity index (χ1v) is 12.9. The molecule has 0 radical (unpaired) electrons. The molecule has 2 N–H and O–H groups in total. The van der Waals surface area contributed by atoms with Gasteiger partial charge in [0, 0.05) is 25.2 Å². The first-order chi connectivity index (χ1) is 14.0. The Morgan fingerprint density at radius 3 is 2.45 bits per heavy atom. The van der Waals surface area contributed by atoms with Crippen LogP contribution in [0, 0.1) is 0 Å². The summed E-state index contributed by atoms with van der Waals surface area (Å²) >= 11 is 1.22. The number of hydrogen-bond acceptors (Lipinski definition) is 5. The van der Waals surface area contributed by atoms with Gasteiger partial charge in [0.25, 0.3) is 10.0 Å². The Morgan fingerprint density at radius 1 is 1.03 bits per heavy atom. The van der Waals surface area contributed by atoms with E-state index >= 15 is 0 Å². The summed E-state index contributed by atoms with van der Waals surface area (Å²) in [6.07, 6.45) is 9.49. The Balaban J connectivity index is 1.49. The average molecular weight is 442 g/mol. The fourth-order valence-electron chi connectivity index (χ4n) is 4.21. The summed E-state index contributed by atoms with van der Waals surface area (Å²) in [4.78, 5) is 24.3. The monoisotopic (exact) mass is 441 g/mol. The molecule has 1 aromatic rings. The highest BCUT2D eigenvalue weighted by Gasteiger charge is 2.34. The molecule has 1 atom stereocenters. The lowest BCUT2D eigenvalue weighted by atomic mass is 10.0. The maximum Gasteiger partial charge on any atom is 0.309 e. The molecule has 1 aliphatic heterocycles. The minimum atomic E-state index is -3.50. The van der Waals surface area contributed by atoms with Gasteiger partial charge < -0.3 is 10.6 Å². The van der Waals surface area contributed by atoms with Gasteiger partial charge in [-0.25, -0.2) is 8.42 Å². The number of thiophene rings is 1. The molecule has 1 saturated heterocycles. The summed E-state index contributed by atoms with van der Waals surface area (Å²) < 4.78 is 27.7. The Kier molecular flexibility index (Phi) is 8.08. The molecule has 1 aliphatic carbocycles. The fourth-order valence-corrected chi connectivity index (χ4v) is 7.06. The van der Waals surface area contributed by atoms with Gasteiger partial charge in [-0.1, -0.05) is 38.2 Å². The zero-order valence-corrected chi connectivity index (χ0v) is 18.4. The third-order valence-electron chi connectivity index (χ3n) is 5.79. The van der Waals surface area contributed by atoms with E-state index in [1.54, 1.807) is 21.8 Å². The molecule has 0 aromatic carbocycles. The zero-order valence-electron chi connectivity index (χ0n) is 16.8. The highest BCUT2D eigenvalue weighted by atomic mass is 32.2. The van der Waals surface area contributed by atoms with Crippen LogP contribution in [0.3, 0.4) is 0 Å². The summed E-state index contributed by atoms with van der Waals surface area (Å²) in [5.74, 6) is -1.21. The van der Waals surface area contributed by atoms with Crippen molar-refractivity contribution in [1.29, 1.82) is 0 Å². The van der Waals surface area contributed by atoms with Gasteiger partial charge in [0.05, 0.1) is 0 Å². The first-order valence-electron chi connectivity index (χ1n) is 10.6. The quantitative estimate of drug-likeness (QED) is 0.524. The number of piperidine rings is 1. The van der Waals surface area contributed by atoms with Gasteiger partial charge in [-0.2, -0.15) is 4.31 Å². The molecule has 0 bridgehead atoms. The van der Waals surface area contributed by atoms with Crippen molar-refractivity contribution in [3.8, 4) is 0 Å². The van der Waals surface area contributed by atoms with Gasteiger partial charge in [0.2, 0.25) is 0 Å². The number of carbonyl (C=O) groups excluding carboxylic acids is 2. The van der Waals surface area contributed by atoms with Crippen LogP contribution < -0.4 is 10.6 Å². The van der Waals surface area contributed by atoms with Crippen molar-refractivity contribution in [3.63, 3.8) is 0 Å². The molecule has 1 aromatic heterocycles. The van der Waals surface area contributed by atoms with Crippen LogP contribution in [0.5, 0.6) is 0 Å². The molecule has 2 fully saturated rings. The van der Waals surface area contributed by atoms with Crippen LogP contribution in [-0.4, -0.2) is 49.7 Å². The van der Waals surface area contributed by atoms with Gasteiger partial charge in [-0.05, 0) is 43.6 Å². The van der Waals surface area contributed by atoms with Crippen molar-refractivity contribution >= 4 is 33.2 Å². The highest BCUT2D eigenvalue weighted by molar-refractivity contribution is 7.91. The van der Waals surface area contributed by atoms with Crippen LogP contribution in [0.15, 0.2) is 21.7 Å². The number of nitrogens with zero attached hydrogens (tertiary/aromatic N) is 1. The average Bonchev–Trinajstić information content (AvgIpc) is 3.15. The molecule has 7 nitrogen and oxygen atoms in total. The molecule has 2 amide bonds. The number of sulfonamides is 1. The number of amides is 2. The molecule has 0 spiro atoms. The van der Waals surface area contributed by atoms with Crippen molar-refractivity contribution in [3.05, 3.63) is 17.5 Å². The van der Waals surface area contributed by atoms with E-state index in [0.717, 1.165) is 44.9 Å². The SMILES string of the molecule is O=C(NCC[C@@H]1CCCCN1S(=O)(=O)c1cccs1)C(=O)NC1CCCCCC1. The Hall–Kier alpha value is -1.45. The van der Waals surface area contributed by atoms with E-state index in [9.17, 15) is 18.0 Å². The van der Waals surface area contributed by atoms with Crippen LogP contribution in [-0.2, 0) is 19.6 Å². The Labute approximate surface area is 177 Å². The van der Waals surface area contributed by atoms with Gasteiger partial charge in [-0.15, -0.1) is 11.3 Å². The predicted molar refractivity (Wildman–Crippen MR) is 113 cm³/mol. The first kappa shape index (κ1) is 22.2. The van der Waals surface area contributed by atoms with Crippen LogP contribution in [0.1, 0.15) is 64.2 Å². The number of rotatable bonds is 6. The maximum atomic E-state index is 12.9. The van der Waals surface area contributed by atoms with E-state index in [2.05, 4.69) is 10.6 Å². The second-order valence-electron chi connectivity index (χ2n) is 7.90. The minimum absolute atomic E-state index is 0.0838. The molecule has 9 heteroatoms. The molecule has 162 valence electrons. The molecule has 1 saturated carbocycles. The second-order valence-corrected chi connectivity index (χ2v) is 11.0. The van der Waals surface area contributed by atoms with Crippen LogP contribution >= 0.6 is 11.3 Å².